The van der Waals surface area contributed by atoms with Crippen LogP contribution in [0.15, 0.2) is 0 Å². The van der Waals surface area contributed by atoms with Crippen LogP contribution in [0.5, 0.6) is 0 Å². The molecule has 0 fully saturated rings. The molecule has 0 aliphatic rings. The van der Waals surface area contributed by atoms with Crippen LogP contribution in [0.4, 0.5) is 0 Å². The van der Waals surface area contributed by atoms with Crippen LogP contribution in [-0.2, 0) is 4.74 Å². The van der Waals surface area contributed by atoms with E-state index in [1.54, 1.807) is 0 Å². The molecule has 0 amide bonds. The van der Waals surface area contributed by atoms with E-state index in [1.165, 1.54) is 0 Å². The Bertz CT molecular complexity index is 88.9. The van der Waals surface area contributed by atoms with Gasteiger partial charge in [-0.15, -0.1) is 11.6 Å². The molecule has 8 heavy (non-hydrogen) atoms. The molecule has 0 saturated heterocycles. The molecule has 0 rings (SSSR count). The van der Waals surface area contributed by atoms with E-state index in [4.69, 9.17) is 21.6 Å². The molecule has 2 nitrogen and oxygen atoms in total. The van der Waals surface area contributed by atoms with Crippen LogP contribution in [0.1, 0.15) is 6.92 Å². The predicted molar refractivity (Wildman–Crippen MR) is 31.7 cm³/mol. The lowest BCUT2D eigenvalue weighted by molar-refractivity contribution is 0.116. The first kappa shape index (κ1) is 7.74. The van der Waals surface area contributed by atoms with Gasteiger partial charge in [-0.25, -0.2) is 0 Å². The Labute approximate surface area is 54.0 Å². The Morgan fingerprint density at radius 1 is 1.88 bits per heavy atom. The van der Waals surface area contributed by atoms with Crippen molar-refractivity contribution in [3.63, 3.8) is 0 Å². The van der Waals surface area contributed by atoms with Gasteiger partial charge in [-0.3, -0.25) is 0 Å². The van der Waals surface area contributed by atoms with E-state index in [9.17, 15) is 0 Å². The zero-order valence-electron chi connectivity index (χ0n) is 4.72. The van der Waals surface area contributed by atoms with E-state index in [1.807, 2.05) is 13.0 Å². The Balaban J connectivity index is 3.26. The van der Waals surface area contributed by atoms with Gasteiger partial charge in [0.05, 0.1) is 11.9 Å². The molecular formula is C5H8ClNO. The van der Waals surface area contributed by atoms with E-state index in [-0.39, 0.29) is 5.88 Å². The maximum Gasteiger partial charge on any atom is 0.157 e. The molecule has 3 heteroatoms. The third-order valence-electron chi connectivity index (χ3n) is 0.652. The summed E-state index contributed by atoms with van der Waals surface area (Å²) >= 11 is 5.30. The molecule has 0 N–H and O–H groups in total. The summed E-state index contributed by atoms with van der Waals surface area (Å²) in [6.45, 7) is 2.38. The molecule has 0 aromatic heterocycles. The molecule has 0 aromatic rings. The molecule has 46 valence electrons. The highest BCUT2D eigenvalue weighted by Crippen LogP contribution is 1.91. The lowest BCUT2D eigenvalue weighted by atomic mass is 10.4. The summed E-state index contributed by atoms with van der Waals surface area (Å²) in [6, 6.07) is 1.90. The molecule has 0 heterocycles. The van der Waals surface area contributed by atoms with Gasteiger partial charge < -0.3 is 4.74 Å². The maximum absolute atomic E-state index is 8.20. The molecule has 1 atom stereocenters. The van der Waals surface area contributed by atoms with Crippen molar-refractivity contribution in [3.05, 3.63) is 0 Å². The zero-order valence-corrected chi connectivity index (χ0v) is 5.48. The summed E-state index contributed by atoms with van der Waals surface area (Å²) in [5, 5.41) is 8.20. The van der Waals surface area contributed by atoms with Crippen molar-refractivity contribution in [2.24, 2.45) is 0 Å². The van der Waals surface area contributed by atoms with Gasteiger partial charge in [0.2, 0.25) is 0 Å². The minimum absolute atomic E-state index is 0.254. The monoisotopic (exact) mass is 133 g/mol. The van der Waals surface area contributed by atoms with Crippen LogP contribution < -0.4 is 0 Å². The van der Waals surface area contributed by atoms with E-state index >= 15 is 0 Å². The SMILES string of the molecule is CCOC(C#N)CCl. The molecule has 0 bridgehead atoms. The Morgan fingerprint density at radius 3 is 2.62 bits per heavy atom. The van der Waals surface area contributed by atoms with E-state index in [0.717, 1.165) is 0 Å². The average Bonchev–Trinajstić information content (AvgIpc) is 1.83. The summed E-state index contributed by atoms with van der Waals surface area (Å²) in [5.74, 6) is 0.254. The summed E-state index contributed by atoms with van der Waals surface area (Å²) in [7, 11) is 0. The van der Waals surface area contributed by atoms with Crippen molar-refractivity contribution >= 4 is 11.6 Å². The lowest BCUT2D eigenvalue weighted by Crippen LogP contribution is -2.10. The first-order chi connectivity index (χ1) is 3.85. The summed E-state index contributed by atoms with van der Waals surface area (Å²) < 4.78 is 4.85. The third-order valence-corrected chi connectivity index (χ3v) is 0.932. The van der Waals surface area contributed by atoms with Crippen LogP contribution in [0.25, 0.3) is 0 Å². The van der Waals surface area contributed by atoms with Crippen LogP contribution in [-0.4, -0.2) is 18.6 Å². The number of hydrogen-bond donors (Lipinski definition) is 0. The average molecular weight is 134 g/mol. The molecule has 0 spiro atoms. The van der Waals surface area contributed by atoms with Gasteiger partial charge in [0.1, 0.15) is 0 Å². The Kier molecular flexibility index (Phi) is 4.73. The first-order valence-electron chi connectivity index (χ1n) is 2.42. The largest absolute Gasteiger partial charge is 0.362 e. The smallest absolute Gasteiger partial charge is 0.157 e. The van der Waals surface area contributed by atoms with Gasteiger partial charge in [0, 0.05) is 6.61 Å². The Hall–Kier alpha value is -0.260. The number of halogens is 1. The fourth-order valence-corrected chi connectivity index (χ4v) is 0.476. The second-order valence-electron chi connectivity index (χ2n) is 1.23. The van der Waals surface area contributed by atoms with E-state index in [2.05, 4.69) is 0 Å². The van der Waals surface area contributed by atoms with Gasteiger partial charge in [0.25, 0.3) is 0 Å². The van der Waals surface area contributed by atoms with Crippen LogP contribution in [0.2, 0.25) is 0 Å². The second-order valence-corrected chi connectivity index (χ2v) is 1.54. The van der Waals surface area contributed by atoms with Gasteiger partial charge in [-0.05, 0) is 6.92 Å². The van der Waals surface area contributed by atoms with Crippen molar-refractivity contribution in [2.75, 3.05) is 12.5 Å². The normalized spacial score (nSPS) is 12.6. The number of nitriles is 1. The molecule has 0 radical (unpaired) electrons. The number of ether oxygens (including phenoxy) is 1. The minimum atomic E-state index is -0.429. The molecule has 1 unspecified atom stereocenters. The zero-order chi connectivity index (χ0) is 6.41. The fourth-order valence-electron chi connectivity index (χ4n) is 0.317. The standard InChI is InChI=1S/C5H8ClNO/c1-2-8-5(3-6)4-7/h5H,2-3H2,1H3. The Morgan fingerprint density at radius 2 is 2.50 bits per heavy atom. The summed E-state index contributed by atoms with van der Waals surface area (Å²) in [6.07, 6.45) is -0.429. The first-order valence-corrected chi connectivity index (χ1v) is 2.95. The number of alkyl halides is 1. The van der Waals surface area contributed by atoms with E-state index < -0.39 is 6.10 Å². The van der Waals surface area contributed by atoms with Crippen molar-refractivity contribution < 1.29 is 4.74 Å². The molecule has 0 aromatic carbocycles. The van der Waals surface area contributed by atoms with Crippen LogP contribution in [0, 0.1) is 11.3 Å². The van der Waals surface area contributed by atoms with Gasteiger partial charge in [-0.2, -0.15) is 5.26 Å². The highest BCUT2D eigenvalue weighted by molar-refractivity contribution is 6.18. The number of hydrogen-bond acceptors (Lipinski definition) is 2. The summed E-state index contributed by atoms with van der Waals surface area (Å²) in [4.78, 5) is 0. The third kappa shape index (κ3) is 2.84. The van der Waals surface area contributed by atoms with Gasteiger partial charge in [0.15, 0.2) is 6.10 Å². The number of rotatable bonds is 3. The molecular weight excluding hydrogens is 126 g/mol. The molecule has 0 saturated carbocycles. The second kappa shape index (κ2) is 4.89. The van der Waals surface area contributed by atoms with Gasteiger partial charge in [-0.1, -0.05) is 0 Å². The van der Waals surface area contributed by atoms with Crippen molar-refractivity contribution in [3.8, 4) is 6.07 Å². The molecule has 0 aliphatic carbocycles. The summed E-state index contributed by atoms with van der Waals surface area (Å²) in [5.41, 5.74) is 0. The maximum atomic E-state index is 8.20. The van der Waals surface area contributed by atoms with Crippen LogP contribution in [0.3, 0.4) is 0 Å². The van der Waals surface area contributed by atoms with Crippen molar-refractivity contribution in [1.82, 2.24) is 0 Å². The quantitative estimate of drug-likeness (QED) is 0.542. The highest BCUT2D eigenvalue weighted by Gasteiger charge is 2.01. The van der Waals surface area contributed by atoms with Crippen molar-refractivity contribution in [2.45, 2.75) is 13.0 Å². The predicted octanol–water partition coefficient (Wildman–Crippen LogP) is 1.15. The fraction of sp³-hybridized carbons (Fsp3) is 0.800. The molecule has 0 aliphatic heterocycles. The number of nitrogens with zero attached hydrogens (tertiary/aromatic N) is 1. The van der Waals surface area contributed by atoms with Gasteiger partial charge >= 0.3 is 0 Å². The van der Waals surface area contributed by atoms with Crippen molar-refractivity contribution in [1.29, 1.82) is 5.26 Å². The lowest BCUT2D eigenvalue weighted by Gasteiger charge is -2.01. The van der Waals surface area contributed by atoms with Crippen LogP contribution >= 0.6 is 11.6 Å². The van der Waals surface area contributed by atoms with E-state index in [0.29, 0.717) is 6.61 Å². The topological polar surface area (TPSA) is 33.0 Å². The highest BCUT2D eigenvalue weighted by atomic mass is 35.5. The minimum Gasteiger partial charge on any atom is -0.362 e.